The lowest BCUT2D eigenvalue weighted by molar-refractivity contribution is 0.330. The molecule has 17 heavy (non-hydrogen) atoms. The van der Waals surface area contributed by atoms with E-state index in [0.717, 1.165) is 25.2 Å². The van der Waals surface area contributed by atoms with Gasteiger partial charge in [-0.15, -0.1) is 0 Å². The molecule has 2 rings (SSSR count). The maximum absolute atomic E-state index is 4.33. The van der Waals surface area contributed by atoms with Crippen LogP contribution in [-0.4, -0.2) is 23.5 Å². The highest BCUT2D eigenvalue weighted by atomic mass is 15.1. The lowest BCUT2D eigenvalue weighted by Crippen LogP contribution is -2.20. The fraction of sp³-hybridized carbons (Fsp3) is 0.267. The van der Waals surface area contributed by atoms with Crippen LogP contribution in [0.15, 0.2) is 54.7 Å². The van der Waals surface area contributed by atoms with Gasteiger partial charge in [-0.2, -0.15) is 0 Å². The summed E-state index contributed by atoms with van der Waals surface area (Å²) in [7, 11) is 2.15. The Morgan fingerprint density at radius 2 is 1.76 bits per heavy atom. The van der Waals surface area contributed by atoms with Gasteiger partial charge < -0.3 is 4.90 Å². The van der Waals surface area contributed by atoms with Crippen molar-refractivity contribution >= 4 is 0 Å². The minimum Gasteiger partial charge on any atom is -0.302 e. The van der Waals surface area contributed by atoms with Gasteiger partial charge in [-0.25, -0.2) is 0 Å². The molecule has 0 N–H and O–H groups in total. The van der Waals surface area contributed by atoms with Crippen LogP contribution in [-0.2, 0) is 13.0 Å². The van der Waals surface area contributed by atoms with Crippen LogP contribution in [0.2, 0.25) is 0 Å². The molecule has 0 aliphatic rings. The second-order valence-electron chi connectivity index (χ2n) is 4.29. The molecule has 0 bridgehead atoms. The number of benzene rings is 1. The summed E-state index contributed by atoms with van der Waals surface area (Å²) in [6, 6.07) is 16.6. The highest BCUT2D eigenvalue weighted by molar-refractivity contribution is 5.14. The molecule has 0 aliphatic heterocycles. The number of likely N-dealkylation sites (N-methyl/N-ethyl adjacent to an activating group) is 1. The van der Waals surface area contributed by atoms with E-state index in [4.69, 9.17) is 0 Å². The number of aromatic nitrogens is 1. The van der Waals surface area contributed by atoms with E-state index < -0.39 is 0 Å². The Hall–Kier alpha value is -1.67. The minimum absolute atomic E-state index is 0.994. The average Bonchev–Trinajstić information content (AvgIpc) is 2.39. The van der Waals surface area contributed by atoms with E-state index in [2.05, 4.69) is 53.3 Å². The van der Waals surface area contributed by atoms with E-state index in [1.165, 1.54) is 5.56 Å². The topological polar surface area (TPSA) is 16.1 Å². The molecule has 0 spiro atoms. The van der Waals surface area contributed by atoms with Crippen molar-refractivity contribution in [2.45, 2.75) is 13.0 Å². The maximum Gasteiger partial charge on any atom is 0.0416 e. The van der Waals surface area contributed by atoms with Crippen molar-refractivity contribution in [1.29, 1.82) is 0 Å². The van der Waals surface area contributed by atoms with Crippen LogP contribution in [0.5, 0.6) is 0 Å². The fourth-order valence-electron chi connectivity index (χ4n) is 1.83. The molecule has 0 aliphatic carbocycles. The second kappa shape index (κ2) is 6.16. The monoisotopic (exact) mass is 226 g/mol. The number of hydrogen-bond donors (Lipinski definition) is 0. The van der Waals surface area contributed by atoms with Crippen molar-refractivity contribution in [3.63, 3.8) is 0 Å². The molecular formula is C15H18N2. The number of rotatable bonds is 5. The SMILES string of the molecule is CN(CCc1ccccn1)Cc1ccccc1. The van der Waals surface area contributed by atoms with Crippen LogP contribution in [0, 0.1) is 0 Å². The zero-order valence-corrected chi connectivity index (χ0v) is 10.2. The van der Waals surface area contributed by atoms with Crippen LogP contribution >= 0.6 is 0 Å². The zero-order valence-electron chi connectivity index (χ0n) is 10.2. The summed E-state index contributed by atoms with van der Waals surface area (Å²) in [5.41, 5.74) is 2.52. The van der Waals surface area contributed by atoms with E-state index >= 15 is 0 Å². The summed E-state index contributed by atoms with van der Waals surface area (Å²) in [4.78, 5) is 6.65. The van der Waals surface area contributed by atoms with E-state index in [-0.39, 0.29) is 0 Å². The smallest absolute Gasteiger partial charge is 0.0416 e. The lowest BCUT2D eigenvalue weighted by Gasteiger charge is -2.16. The molecule has 1 heterocycles. The summed E-state index contributed by atoms with van der Waals surface area (Å²) in [6.07, 6.45) is 2.86. The first-order valence-electron chi connectivity index (χ1n) is 5.97. The summed E-state index contributed by atoms with van der Waals surface area (Å²) in [5, 5.41) is 0. The van der Waals surface area contributed by atoms with Crippen LogP contribution in [0.1, 0.15) is 11.3 Å². The molecule has 0 atom stereocenters. The highest BCUT2D eigenvalue weighted by Crippen LogP contribution is 2.03. The third-order valence-electron chi connectivity index (χ3n) is 2.77. The van der Waals surface area contributed by atoms with Crippen molar-refractivity contribution in [2.75, 3.05) is 13.6 Å². The molecule has 0 amide bonds. The van der Waals surface area contributed by atoms with E-state index in [9.17, 15) is 0 Å². The molecule has 88 valence electrons. The molecule has 0 saturated heterocycles. The average molecular weight is 226 g/mol. The summed E-state index contributed by atoms with van der Waals surface area (Å²) in [5.74, 6) is 0. The molecule has 2 nitrogen and oxygen atoms in total. The van der Waals surface area contributed by atoms with Crippen LogP contribution in [0.3, 0.4) is 0 Å². The van der Waals surface area contributed by atoms with Gasteiger partial charge in [0.2, 0.25) is 0 Å². The van der Waals surface area contributed by atoms with Gasteiger partial charge in [0.1, 0.15) is 0 Å². The summed E-state index contributed by atoms with van der Waals surface area (Å²) >= 11 is 0. The van der Waals surface area contributed by atoms with E-state index in [1.54, 1.807) is 0 Å². The van der Waals surface area contributed by atoms with Gasteiger partial charge in [0.25, 0.3) is 0 Å². The number of pyridine rings is 1. The van der Waals surface area contributed by atoms with Crippen molar-refractivity contribution in [1.82, 2.24) is 9.88 Å². The predicted molar refractivity (Wildman–Crippen MR) is 70.7 cm³/mol. The first-order valence-corrected chi connectivity index (χ1v) is 5.97. The van der Waals surface area contributed by atoms with Gasteiger partial charge in [-0.3, -0.25) is 4.98 Å². The van der Waals surface area contributed by atoms with Crippen molar-refractivity contribution in [3.05, 3.63) is 66.0 Å². The number of hydrogen-bond acceptors (Lipinski definition) is 2. The second-order valence-corrected chi connectivity index (χ2v) is 4.29. The first-order chi connectivity index (χ1) is 8.34. The van der Waals surface area contributed by atoms with Gasteiger partial charge in [0.05, 0.1) is 0 Å². The third kappa shape index (κ3) is 4.00. The van der Waals surface area contributed by atoms with E-state index in [1.807, 2.05) is 18.3 Å². The first kappa shape index (κ1) is 11.8. The Morgan fingerprint density at radius 3 is 2.47 bits per heavy atom. The Bertz CT molecular complexity index is 425. The zero-order chi connectivity index (χ0) is 11.9. The molecule has 0 fully saturated rings. The molecule has 2 heteroatoms. The molecular weight excluding hydrogens is 208 g/mol. The van der Waals surface area contributed by atoms with Gasteiger partial charge in [-0.05, 0) is 24.7 Å². The predicted octanol–water partition coefficient (Wildman–Crippen LogP) is 2.76. The lowest BCUT2D eigenvalue weighted by atomic mass is 10.2. The van der Waals surface area contributed by atoms with Crippen LogP contribution < -0.4 is 0 Å². The summed E-state index contributed by atoms with van der Waals surface area (Å²) in [6.45, 7) is 2.03. The Kier molecular flexibility index (Phi) is 4.28. The summed E-state index contributed by atoms with van der Waals surface area (Å²) < 4.78 is 0. The molecule has 0 radical (unpaired) electrons. The fourth-order valence-corrected chi connectivity index (χ4v) is 1.83. The van der Waals surface area contributed by atoms with Crippen LogP contribution in [0.4, 0.5) is 0 Å². The van der Waals surface area contributed by atoms with Gasteiger partial charge in [-0.1, -0.05) is 36.4 Å². The highest BCUT2D eigenvalue weighted by Gasteiger charge is 2.00. The van der Waals surface area contributed by atoms with E-state index in [0.29, 0.717) is 0 Å². The van der Waals surface area contributed by atoms with Gasteiger partial charge >= 0.3 is 0 Å². The Balaban J connectivity index is 1.80. The third-order valence-corrected chi connectivity index (χ3v) is 2.77. The molecule has 0 unspecified atom stereocenters. The van der Waals surface area contributed by atoms with Crippen LogP contribution in [0.25, 0.3) is 0 Å². The normalized spacial score (nSPS) is 10.7. The molecule has 2 aromatic rings. The van der Waals surface area contributed by atoms with Crippen molar-refractivity contribution in [3.8, 4) is 0 Å². The van der Waals surface area contributed by atoms with Gasteiger partial charge in [0, 0.05) is 31.4 Å². The standard InChI is InChI=1S/C15H18N2/c1-17(13-14-7-3-2-4-8-14)12-10-15-9-5-6-11-16-15/h2-9,11H,10,12-13H2,1H3. The minimum atomic E-state index is 0.994. The van der Waals surface area contributed by atoms with Crippen molar-refractivity contribution in [2.24, 2.45) is 0 Å². The molecule has 0 saturated carbocycles. The molecule has 1 aromatic heterocycles. The quantitative estimate of drug-likeness (QED) is 0.779. The number of nitrogens with zero attached hydrogens (tertiary/aromatic N) is 2. The van der Waals surface area contributed by atoms with Gasteiger partial charge in [0.15, 0.2) is 0 Å². The van der Waals surface area contributed by atoms with Crippen molar-refractivity contribution < 1.29 is 0 Å². The molecule has 1 aromatic carbocycles. The Labute approximate surface area is 103 Å². The maximum atomic E-state index is 4.33. The Morgan fingerprint density at radius 1 is 1.00 bits per heavy atom. The largest absolute Gasteiger partial charge is 0.302 e.